The molecule has 0 bridgehead atoms. The van der Waals surface area contributed by atoms with E-state index in [1.807, 2.05) is 0 Å². The molecule has 0 aliphatic carbocycles. The first-order chi connectivity index (χ1) is 7.45. The fourth-order valence-electron chi connectivity index (χ4n) is 1.35. The minimum Gasteiger partial charge on any atom is -0.480 e. The lowest BCUT2D eigenvalue weighted by Gasteiger charge is -2.29. The molecule has 0 fully saturated rings. The van der Waals surface area contributed by atoms with Crippen LogP contribution >= 0.6 is 0 Å². The van der Waals surface area contributed by atoms with Crippen LogP contribution in [-0.4, -0.2) is 52.6 Å². The topological polar surface area (TPSA) is 116 Å². The molecule has 0 radical (unpaired) electrons. The second-order valence-electron chi connectivity index (χ2n) is 4.07. The van der Waals surface area contributed by atoms with Gasteiger partial charge in [-0.2, -0.15) is 0 Å². The Kier molecular flexibility index (Phi) is 7.24. The predicted molar refractivity (Wildman–Crippen MR) is 60.0 cm³/mol. The van der Waals surface area contributed by atoms with Crippen molar-refractivity contribution >= 4 is 5.97 Å². The van der Waals surface area contributed by atoms with Crippen molar-refractivity contribution in [2.75, 3.05) is 19.7 Å². The molecule has 96 valence electrons. The number of aliphatic hydroxyl groups excluding tert-OH is 1. The largest absolute Gasteiger partial charge is 0.480 e. The van der Waals surface area contributed by atoms with Crippen LogP contribution in [0, 0.1) is 0 Å². The fraction of sp³-hybridized carbons (Fsp3) is 0.900. The van der Waals surface area contributed by atoms with Crippen molar-refractivity contribution in [1.29, 1.82) is 0 Å². The molecule has 6 heteroatoms. The maximum atomic E-state index is 10.9. The van der Waals surface area contributed by atoms with Gasteiger partial charge in [-0.25, -0.2) is 0 Å². The first kappa shape index (κ1) is 15.3. The molecular formula is C10H22N2O4. The van der Waals surface area contributed by atoms with E-state index in [-0.39, 0.29) is 13.2 Å². The SMILES string of the molecule is CC(O)(CN)[C@H](NCCCCCO)C(=O)O. The van der Waals surface area contributed by atoms with Gasteiger partial charge in [0.25, 0.3) is 0 Å². The molecule has 0 aromatic rings. The number of unbranched alkanes of at least 4 members (excludes halogenated alkanes) is 2. The minimum atomic E-state index is -1.46. The number of rotatable bonds is 9. The van der Waals surface area contributed by atoms with E-state index in [1.165, 1.54) is 6.92 Å². The molecular weight excluding hydrogens is 212 g/mol. The number of carbonyl (C=O) groups is 1. The van der Waals surface area contributed by atoms with Crippen molar-refractivity contribution in [3.63, 3.8) is 0 Å². The third-order valence-corrected chi connectivity index (χ3v) is 2.47. The Hall–Kier alpha value is -0.690. The number of carboxylic acid groups (broad SMARTS) is 1. The summed E-state index contributed by atoms with van der Waals surface area (Å²) in [5.74, 6) is -1.11. The zero-order valence-corrected chi connectivity index (χ0v) is 9.65. The van der Waals surface area contributed by atoms with Crippen LogP contribution in [0.2, 0.25) is 0 Å². The van der Waals surface area contributed by atoms with E-state index < -0.39 is 17.6 Å². The van der Waals surface area contributed by atoms with Crippen LogP contribution in [0.1, 0.15) is 26.2 Å². The standard InChI is InChI=1S/C10H22N2O4/c1-10(16,7-11)8(9(14)15)12-5-3-2-4-6-13/h8,12-13,16H,2-7,11H2,1H3,(H,14,15)/t8-,10?/m1/s1. The van der Waals surface area contributed by atoms with Crippen LogP contribution in [0.5, 0.6) is 0 Å². The van der Waals surface area contributed by atoms with Gasteiger partial charge in [0, 0.05) is 13.2 Å². The second-order valence-corrected chi connectivity index (χ2v) is 4.07. The van der Waals surface area contributed by atoms with Gasteiger partial charge < -0.3 is 26.4 Å². The summed E-state index contributed by atoms with van der Waals surface area (Å²) in [4.78, 5) is 10.9. The Labute approximate surface area is 95.5 Å². The Morgan fingerprint density at radius 2 is 2.06 bits per heavy atom. The lowest BCUT2D eigenvalue weighted by Crippen LogP contribution is -2.57. The Bertz CT molecular complexity index is 209. The maximum Gasteiger partial charge on any atom is 0.323 e. The van der Waals surface area contributed by atoms with Crippen molar-refractivity contribution in [1.82, 2.24) is 5.32 Å². The molecule has 0 aliphatic rings. The van der Waals surface area contributed by atoms with Crippen LogP contribution in [-0.2, 0) is 4.79 Å². The van der Waals surface area contributed by atoms with Crippen molar-refractivity contribution in [2.45, 2.75) is 37.8 Å². The van der Waals surface area contributed by atoms with Crippen molar-refractivity contribution in [2.24, 2.45) is 5.73 Å². The van der Waals surface area contributed by atoms with E-state index in [9.17, 15) is 9.90 Å². The van der Waals surface area contributed by atoms with Crippen molar-refractivity contribution in [3.8, 4) is 0 Å². The first-order valence-corrected chi connectivity index (χ1v) is 5.45. The number of hydrogen-bond acceptors (Lipinski definition) is 5. The maximum absolute atomic E-state index is 10.9. The van der Waals surface area contributed by atoms with Crippen LogP contribution in [0.25, 0.3) is 0 Å². The monoisotopic (exact) mass is 234 g/mol. The van der Waals surface area contributed by atoms with Gasteiger partial charge in [0.05, 0.1) is 0 Å². The van der Waals surface area contributed by atoms with Crippen molar-refractivity contribution < 1.29 is 20.1 Å². The normalized spacial score (nSPS) is 16.8. The van der Waals surface area contributed by atoms with E-state index in [0.717, 1.165) is 12.8 Å². The molecule has 0 heterocycles. The lowest BCUT2D eigenvalue weighted by atomic mass is 9.96. The summed E-state index contributed by atoms with van der Waals surface area (Å²) in [7, 11) is 0. The minimum absolute atomic E-state index is 0.117. The number of carboxylic acids is 1. The molecule has 6 nitrogen and oxygen atoms in total. The molecule has 2 atom stereocenters. The third kappa shape index (κ3) is 5.41. The van der Waals surface area contributed by atoms with E-state index in [0.29, 0.717) is 13.0 Å². The van der Waals surface area contributed by atoms with E-state index in [4.69, 9.17) is 15.9 Å². The van der Waals surface area contributed by atoms with Gasteiger partial charge in [-0.15, -0.1) is 0 Å². The second kappa shape index (κ2) is 7.56. The molecule has 0 rings (SSSR count). The van der Waals surface area contributed by atoms with Gasteiger partial charge in [-0.1, -0.05) is 0 Å². The van der Waals surface area contributed by atoms with Crippen LogP contribution in [0.3, 0.4) is 0 Å². The predicted octanol–water partition coefficient (Wildman–Crippen LogP) is -1.10. The zero-order valence-electron chi connectivity index (χ0n) is 9.65. The van der Waals surface area contributed by atoms with Gasteiger partial charge in [0.15, 0.2) is 0 Å². The molecule has 16 heavy (non-hydrogen) atoms. The number of hydrogen-bond donors (Lipinski definition) is 5. The summed E-state index contributed by atoms with van der Waals surface area (Å²) in [6.45, 7) is 1.90. The molecule has 6 N–H and O–H groups in total. The van der Waals surface area contributed by atoms with Crippen LogP contribution in [0.4, 0.5) is 0 Å². The highest BCUT2D eigenvalue weighted by molar-refractivity contribution is 5.75. The molecule has 0 saturated carbocycles. The van der Waals surface area contributed by atoms with E-state index in [1.54, 1.807) is 0 Å². The molecule has 0 saturated heterocycles. The quantitative estimate of drug-likeness (QED) is 0.323. The summed E-state index contributed by atoms with van der Waals surface area (Å²) in [5.41, 5.74) is 3.85. The fourth-order valence-corrected chi connectivity index (χ4v) is 1.35. The van der Waals surface area contributed by atoms with E-state index in [2.05, 4.69) is 5.32 Å². The smallest absolute Gasteiger partial charge is 0.323 e. The summed E-state index contributed by atoms with van der Waals surface area (Å²) >= 11 is 0. The number of nitrogens with one attached hydrogen (secondary N) is 1. The molecule has 0 aromatic carbocycles. The lowest BCUT2D eigenvalue weighted by molar-refractivity contribution is -0.146. The summed E-state index contributed by atoms with van der Waals surface area (Å²) in [6.07, 6.45) is 2.28. The average molecular weight is 234 g/mol. The number of aliphatic carboxylic acids is 1. The van der Waals surface area contributed by atoms with Crippen LogP contribution in [0.15, 0.2) is 0 Å². The Morgan fingerprint density at radius 1 is 1.44 bits per heavy atom. The molecule has 0 aromatic heterocycles. The highest BCUT2D eigenvalue weighted by Gasteiger charge is 2.35. The molecule has 0 aliphatic heterocycles. The summed E-state index contributed by atoms with van der Waals surface area (Å²) in [5, 5.41) is 30.0. The van der Waals surface area contributed by atoms with E-state index >= 15 is 0 Å². The molecule has 0 spiro atoms. The highest BCUT2D eigenvalue weighted by Crippen LogP contribution is 2.08. The van der Waals surface area contributed by atoms with Gasteiger partial charge in [0.2, 0.25) is 0 Å². The summed E-state index contributed by atoms with van der Waals surface area (Å²) in [6, 6.07) is -1.06. The van der Waals surface area contributed by atoms with Gasteiger partial charge in [-0.05, 0) is 32.7 Å². The van der Waals surface area contributed by atoms with Crippen LogP contribution < -0.4 is 11.1 Å². The highest BCUT2D eigenvalue weighted by atomic mass is 16.4. The van der Waals surface area contributed by atoms with Gasteiger partial charge in [-0.3, -0.25) is 4.79 Å². The average Bonchev–Trinajstić information content (AvgIpc) is 2.22. The Morgan fingerprint density at radius 3 is 2.50 bits per heavy atom. The number of nitrogens with two attached hydrogens (primary N) is 1. The summed E-state index contributed by atoms with van der Waals surface area (Å²) < 4.78 is 0. The Balaban J connectivity index is 4.01. The zero-order chi connectivity index (χ0) is 12.6. The molecule has 0 amide bonds. The molecule has 1 unspecified atom stereocenters. The third-order valence-electron chi connectivity index (χ3n) is 2.47. The first-order valence-electron chi connectivity index (χ1n) is 5.45. The van der Waals surface area contributed by atoms with Gasteiger partial charge in [0.1, 0.15) is 11.6 Å². The number of aliphatic hydroxyl groups is 2. The van der Waals surface area contributed by atoms with Crippen molar-refractivity contribution in [3.05, 3.63) is 0 Å². The van der Waals surface area contributed by atoms with Gasteiger partial charge >= 0.3 is 5.97 Å².